The maximum Gasteiger partial charge on any atom is 0.252 e. The van der Waals surface area contributed by atoms with Crippen LogP contribution < -0.4 is 10.5 Å². The minimum absolute atomic E-state index is 0.0417. The van der Waals surface area contributed by atoms with Crippen molar-refractivity contribution >= 4 is 17.6 Å². The zero-order valence-corrected chi connectivity index (χ0v) is 10.5. The first-order chi connectivity index (χ1) is 9.63. The number of carbonyl (C=O) groups excluding carboxylic acids is 2. The summed E-state index contributed by atoms with van der Waals surface area (Å²) in [6.07, 6.45) is -0.140. The van der Waals surface area contributed by atoms with Crippen molar-refractivity contribution in [3.05, 3.63) is 46.8 Å². The number of H-pyrrole nitrogens is 1. The van der Waals surface area contributed by atoms with Crippen molar-refractivity contribution in [3.63, 3.8) is 0 Å². The van der Waals surface area contributed by atoms with Crippen molar-refractivity contribution in [1.82, 2.24) is 9.97 Å². The smallest absolute Gasteiger partial charge is 0.252 e. The zero-order valence-electron chi connectivity index (χ0n) is 10.5. The Morgan fingerprint density at radius 1 is 1.10 bits per heavy atom. The van der Waals surface area contributed by atoms with Gasteiger partial charge in [0.15, 0.2) is 5.78 Å². The molecule has 0 radical (unpaired) electrons. The summed E-state index contributed by atoms with van der Waals surface area (Å²) in [5.41, 5.74) is 0.885. The fraction of sp³-hybridized carbons (Fsp3) is 0.143. The van der Waals surface area contributed by atoms with Crippen LogP contribution in [0.15, 0.2) is 41.2 Å². The highest BCUT2D eigenvalue weighted by molar-refractivity contribution is 6.14. The molecule has 1 N–H and O–H groups in total. The van der Waals surface area contributed by atoms with Crippen LogP contribution in [0.5, 0.6) is 0 Å². The monoisotopic (exact) mass is 269 g/mol. The molecule has 6 nitrogen and oxygen atoms in total. The third-order valence-electron chi connectivity index (χ3n) is 3.04. The molecule has 1 saturated heterocycles. The number of aromatic nitrogens is 2. The number of Topliss-reactive ketones (excluding diaryl/α,β-unsaturated/α-hetero) is 1. The molecule has 3 rings (SSSR count). The molecule has 2 heterocycles. The molecule has 100 valence electrons. The van der Waals surface area contributed by atoms with E-state index in [2.05, 4.69) is 9.97 Å². The van der Waals surface area contributed by atoms with Gasteiger partial charge < -0.3 is 0 Å². The van der Waals surface area contributed by atoms with Gasteiger partial charge in [0.25, 0.3) is 5.56 Å². The second-order valence-electron chi connectivity index (χ2n) is 4.52. The minimum Gasteiger partial charge on any atom is -0.297 e. The van der Waals surface area contributed by atoms with E-state index in [0.717, 1.165) is 5.56 Å². The Bertz CT molecular complexity index is 737. The van der Waals surface area contributed by atoms with Crippen LogP contribution in [0.4, 0.5) is 5.95 Å². The van der Waals surface area contributed by atoms with Crippen LogP contribution in [0.25, 0.3) is 11.3 Å². The molecule has 0 bridgehead atoms. The molecular weight excluding hydrogens is 258 g/mol. The van der Waals surface area contributed by atoms with Gasteiger partial charge >= 0.3 is 0 Å². The van der Waals surface area contributed by atoms with Gasteiger partial charge in [-0.05, 0) is 0 Å². The van der Waals surface area contributed by atoms with Gasteiger partial charge in [0.2, 0.25) is 11.9 Å². The van der Waals surface area contributed by atoms with Crippen molar-refractivity contribution in [2.75, 3.05) is 11.4 Å². The van der Waals surface area contributed by atoms with Crippen LogP contribution >= 0.6 is 0 Å². The van der Waals surface area contributed by atoms with Gasteiger partial charge in [-0.1, -0.05) is 30.3 Å². The van der Waals surface area contributed by atoms with Crippen molar-refractivity contribution in [2.24, 2.45) is 0 Å². The predicted octanol–water partition coefficient (Wildman–Crippen LogP) is 0.743. The lowest BCUT2D eigenvalue weighted by atomic mass is 10.1. The Morgan fingerprint density at radius 2 is 1.85 bits per heavy atom. The molecule has 6 heteroatoms. The average molecular weight is 269 g/mol. The number of hydrogen-bond donors (Lipinski definition) is 1. The molecule has 1 aliphatic heterocycles. The Balaban J connectivity index is 2.06. The second-order valence-corrected chi connectivity index (χ2v) is 4.52. The highest BCUT2D eigenvalue weighted by Crippen LogP contribution is 2.19. The summed E-state index contributed by atoms with van der Waals surface area (Å²) >= 11 is 0. The van der Waals surface area contributed by atoms with E-state index in [9.17, 15) is 14.4 Å². The van der Waals surface area contributed by atoms with Gasteiger partial charge in [-0.3, -0.25) is 24.3 Å². The third-order valence-corrected chi connectivity index (χ3v) is 3.04. The van der Waals surface area contributed by atoms with E-state index in [1.807, 2.05) is 30.3 Å². The number of benzene rings is 1. The van der Waals surface area contributed by atoms with Crippen molar-refractivity contribution < 1.29 is 9.59 Å². The van der Waals surface area contributed by atoms with Crippen LogP contribution in [-0.2, 0) is 9.59 Å². The summed E-state index contributed by atoms with van der Waals surface area (Å²) in [7, 11) is 0. The molecule has 0 aliphatic carbocycles. The fourth-order valence-corrected chi connectivity index (χ4v) is 2.11. The van der Waals surface area contributed by atoms with Gasteiger partial charge in [-0.25, -0.2) is 4.98 Å². The summed E-state index contributed by atoms with van der Waals surface area (Å²) < 4.78 is 0. The second kappa shape index (κ2) is 4.73. The lowest BCUT2D eigenvalue weighted by Gasteiger charge is -2.13. The fourth-order valence-electron chi connectivity index (χ4n) is 2.11. The summed E-state index contributed by atoms with van der Waals surface area (Å²) in [5, 5.41) is 0. The Kier molecular flexibility index (Phi) is 2.90. The maximum atomic E-state index is 11.7. The van der Waals surface area contributed by atoms with Gasteiger partial charge in [0.05, 0.1) is 18.7 Å². The molecule has 0 spiro atoms. The van der Waals surface area contributed by atoms with Crippen LogP contribution in [-0.4, -0.2) is 28.2 Å². The summed E-state index contributed by atoms with van der Waals surface area (Å²) in [6.45, 7) is -0.0417. The van der Waals surface area contributed by atoms with Gasteiger partial charge in [0, 0.05) is 11.6 Å². The number of nitrogens with zero attached hydrogens (tertiary/aromatic N) is 2. The highest BCUT2D eigenvalue weighted by atomic mass is 16.2. The van der Waals surface area contributed by atoms with E-state index in [1.165, 1.54) is 11.0 Å². The van der Waals surface area contributed by atoms with Crippen molar-refractivity contribution in [1.29, 1.82) is 0 Å². The molecule has 1 aromatic carbocycles. The number of hydrogen-bond acceptors (Lipinski definition) is 4. The van der Waals surface area contributed by atoms with Crippen molar-refractivity contribution in [3.8, 4) is 11.3 Å². The molecule has 20 heavy (non-hydrogen) atoms. The molecule has 0 saturated carbocycles. The first kappa shape index (κ1) is 12.3. The summed E-state index contributed by atoms with van der Waals surface area (Å²) in [6, 6.07) is 10.5. The molecule has 1 aromatic heterocycles. The van der Waals surface area contributed by atoms with Crippen LogP contribution in [0.3, 0.4) is 0 Å². The first-order valence-electron chi connectivity index (χ1n) is 6.12. The topological polar surface area (TPSA) is 83.1 Å². The molecule has 0 unspecified atom stereocenters. The lowest BCUT2D eigenvalue weighted by Crippen LogP contribution is -2.28. The number of anilines is 1. The molecule has 0 atom stereocenters. The standard InChI is InChI=1S/C14H11N3O3/c18-10-6-13(20)17(8-10)14-15-11(7-12(19)16-14)9-4-2-1-3-5-9/h1-5,7H,6,8H2,(H,15,16,19). The summed E-state index contributed by atoms with van der Waals surface area (Å²) in [4.78, 5) is 42.7. The Labute approximate surface area is 114 Å². The van der Waals surface area contributed by atoms with E-state index in [1.54, 1.807) is 0 Å². The highest BCUT2D eigenvalue weighted by Gasteiger charge is 2.30. The SMILES string of the molecule is O=C1CC(=O)N(c2nc(-c3ccccc3)cc(=O)[nH]2)C1. The minimum atomic E-state index is -0.360. The van der Waals surface area contributed by atoms with Gasteiger partial charge in [-0.15, -0.1) is 0 Å². The van der Waals surface area contributed by atoms with E-state index < -0.39 is 0 Å². The number of nitrogens with one attached hydrogen (secondary N) is 1. The Morgan fingerprint density at radius 3 is 2.50 bits per heavy atom. The number of ketones is 1. The van der Waals surface area contributed by atoms with E-state index in [4.69, 9.17) is 0 Å². The van der Waals surface area contributed by atoms with Gasteiger partial charge in [-0.2, -0.15) is 0 Å². The third kappa shape index (κ3) is 2.23. The van der Waals surface area contributed by atoms with Crippen molar-refractivity contribution in [2.45, 2.75) is 6.42 Å². The van der Waals surface area contributed by atoms with Gasteiger partial charge in [0.1, 0.15) is 0 Å². The maximum absolute atomic E-state index is 11.7. The lowest BCUT2D eigenvalue weighted by molar-refractivity contribution is -0.121. The molecule has 1 fully saturated rings. The number of aromatic amines is 1. The van der Waals surface area contributed by atoms with Crippen LogP contribution in [0.1, 0.15) is 6.42 Å². The van der Waals surface area contributed by atoms with E-state index >= 15 is 0 Å². The van der Waals surface area contributed by atoms with Crippen LogP contribution in [0.2, 0.25) is 0 Å². The average Bonchev–Trinajstić information content (AvgIpc) is 2.78. The van der Waals surface area contributed by atoms with E-state index in [-0.39, 0.29) is 36.2 Å². The molecular formula is C14H11N3O3. The quantitative estimate of drug-likeness (QED) is 0.815. The number of amides is 1. The summed E-state index contributed by atoms with van der Waals surface area (Å²) in [5.74, 6) is -0.404. The van der Waals surface area contributed by atoms with Crippen LogP contribution in [0, 0.1) is 0 Å². The Hall–Kier alpha value is -2.76. The zero-order chi connectivity index (χ0) is 14.1. The molecule has 2 aromatic rings. The van der Waals surface area contributed by atoms with E-state index in [0.29, 0.717) is 5.69 Å². The number of rotatable bonds is 2. The first-order valence-corrected chi connectivity index (χ1v) is 6.12. The number of carbonyl (C=O) groups is 2. The molecule has 1 amide bonds. The molecule has 1 aliphatic rings. The predicted molar refractivity (Wildman–Crippen MR) is 72.3 cm³/mol. The normalized spacial score (nSPS) is 14.9. The largest absolute Gasteiger partial charge is 0.297 e.